The van der Waals surface area contributed by atoms with Crippen molar-refractivity contribution in [3.63, 3.8) is 0 Å². The van der Waals surface area contributed by atoms with Crippen LogP contribution in [0, 0.1) is 13.8 Å². The smallest absolute Gasteiger partial charge is 0.241 e. The molecule has 2 rings (SSSR count). The number of nitrogens with one attached hydrogen (secondary N) is 1. The minimum atomic E-state index is -3.64. The van der Waals surface area contributed by atoms with E-state index in [1.165, 1.54) is 0 Å². The largest absolute Gasteiger partial charge is 0.497 e. The van der Waals surface area contributed by atoms with Crippen LogP contribution in [0.15, 0.2) is 36.4 Å². The monoisotopic (exact) mass is 420 g/mol. The lowest BCUT2D eigenvalue weighted by molar-refractivity contribution is -0.120. The highest BCUT2D eigenvalue weighted by Gasteiger charge is 2.24. The highest BCUT2D eigenvalue weighted by atomic mass is 32.2. The van der Waals surface area contributed by atoms with Gasteiger partial charge in [-0.3, -0.25) is 9.10 Å². The lowest BCUT2D eigenvalue weighted by Gasteiger charge is -2.25. The fourth-order valence-electron chi connectivity index (χ4n) is 3.14. The minimum absolute atomic E-state index is 0.320. The van der Waals surface area contributed by atoms with Crippen LogP contribution in [0.3, 0.4) is 0 Å². The number of amides is 1. The third kappa shape index (κ3) is 5.63. The molecule has 0 heterocycles. The van der Waals surface area contributed by atoms with Gasteiger partial charge in [0, 0.05) is 5.56 Å². The Morgan fingerprint density at radius 1 is 1.10 bits per heavy atom. The molecule has 1 atom stereocenters. The Labute approximate surface area is 172 Å². The maximum atomic E-state index is 12.7. The number of methoxy groups -OCH3 is 2. The van der Waals surface area contributed by atoms with Gasteiger partial charge in [0.05, 0.1) is 32.2 Å². The number of sulfonamides is 1. The number of ether oxygens (including phenoxy) is 2. The lowest BCUT2D eigenvalue weighted by Crippen LogP contribution is -2.41. The van der Waals surface area contributed by atoms with Crippen molar-refractivity contribution in [1.82, 2.24) is 5.32 Å². The number of benzene rings is 2. The summed E-state index contributed by atoms with van der Waals surface area (Å²) in [7, 11) is -0.539. The Hall–Kier alpha value is -2.74. The van der Waals surface area contributed by atoms with E-state index in [0.29, 0.717) is 17.2 Å². The summed E-state index contributed by atoms with van der Waals surface area (Å²) < 4.78 is 36.4. The molecule has 0 bridgehead atoms. The number of aryl methyl sites for hydroxylation is 2. The average Bonchev–Trinajstić information content (AvgIpc) is 2.65. The van der Waals surface area contributed by atoms with Gasteiger partial charge in [0.1, 0.15) is 18.0 Å². The van der Waals surface area contributed by atoms with Gasteiger partial charge in [0.25, 0.3) is 0 Å². The number of anilines is 1. The zero-order valence-corrected chi connectivity index (χ0v) is 18.5. The molecule has 0 aliphatic heterocycles. The van der Waals surface area contributed by atoms with Crippen LogP contribution < -0.4 is 19.1 Å². The van der Waals surface area contributed by atoms with Crippen LogP contribution in [0.1, 0.15) is 29.7 Å². The second kappa shape index (κ2) is 9.17. The van der Waals surface area contributed by atoms with E-state index in [1.54, 1.807) is 45.4 Å². The van der Waals surface area contributed by atoms with Crippen LogP contribution >= 0.6 is 0 Å². The van der Waals surface area contributed by atoms with E-state index < -0.39 is 22.0 Å². The van der Waals surface area contributed by atoms with E-state index in [9.17, 15) is 13.2 Å². The van der Waals surface area contributed by atoms with E-state index >= 15 is 0 Å². The Balaban J connectivity index is 2.25. The number of carbonyl (C=O) groups is 1. The first kappa shape index (κ1) is 22.5. The molecule has 0 saturated carbocycles. The van der Waals surface area contributed by atoms with Crippen molar-refractivity contribution < 1.29 is 22.7 Å². The summed E-state index contributed by atoms with van der Waals surface area (Å²) in [4.78, 5) is 12.7. The zero-order valence-electron chi connectivity index (χ0n) is 17.6. The molecule has 0 aromatic heterocycles. The summed E-state index contributed by atoms with van der Waals surface area (Å²) >= 11 is 0. The van der Waals surface area contributed by atoms with E-state index in [2.05, 4.69) is 5.32 Å². The number of carbonyl (C=O) groups excluding carboxylic acids is 1. The Bertz CT molecular complexity index is 989. The first-order chi connectivity index (χ1) is 13.6. The molecule has 29 heavy (non-hydrogen) atoms. The summed E-state index contributed by atoms with van der Waals surface area (Å²) in [6.07, 6.45) is 1.09. The van der Waals surface area contributed by atoms with Crippen LogP contribution in [0.4, 0.5) is 5.69 Å². The zero-order chi connectivity index (χ0) is 21.8. The predicted molar refractivity (Wildman–Crippen MR) is 114 cm³/mol. The van der Waals surface area contributed by atoms with Crippen LogP contribution in [-0.2, 0) is 14.8 Å². The highest BCUT2D eigenvalue weighted by molar-refractivity contribution is 7.92. The Morgan fingerprint density at radius 2 is 1.79 bits per heavy atom. The molecule has 158 valence electrons. The van der Waals surface area contributed by atoms with Crippen molar-refractivity contribution in [2.75, 3.05) is 31.3 Å². The molecular weight excluding hydrogens is 392 g/mol. The van der Waals surface area contributed by atoms with Gasteiger partial charge in [-0.25, -0.2) is 8.42 Å². The predicted octanol–water partition coefficient (Wildman–Crippen LogP) is 2.96. The molecule has 0 aliphatic carbocycles. The van der Waals surface area contributed by atoms with Crippen molar-refractivity contribution in [3.05, 3.63) is 53.1 Å². The first-order valence-corrected chi connectivity index (χ1v) is 11.0. The van der Waals surface area contributed by atoms with Crippen LogP contribution in [0.2, 0.25) is 0 Å². The van der Waals surface area contributed by atoms with Gasteiger partial charge in [-0.05, 0) is 50.6 Å². The summed E-state index contributed by atoms with van der Waals surface area (Å²) in [6.45, 7) is 5.23. The third-order valence-electron chi connectivity index (χ3n) is 4.59. The van der Waals surface area contributed by atoms with Gasteiger partial charge >= 0.3 is 0 Å². The molecule has 2 aromatic rings. The SMILES string of the molecule is COc1ccc(OC)c([C@@H](C)NC(=O)CN(c2ccc(C)cc2C)S(C)(=O)=O)c1. The van der Waals surface area contributed by atoms with Crippen LogP contribution in [-0.4, -0.2) is 41.3 Å². The van der Waals surface area contributed by atoms with E-state index in [1.807, 2.05) is 26.0 Å². The molecule has 1 amide bonds. The van der Waals surface area contributed by atoms with Crippen molar-refractivity contribution in [2.24, 2.45) is 0 Å². The average molecular weight is 421 g/mol. The Kier molecular flexibility index (Phi) is 7.13. The molecule has 2 aromatic carbocycles. The fourth-order valence-corrected chi connectivity index (χ4v) is 4.05. The van der Waals surface area contributed by atoms with E-state index in [4.69, 9.17) is 9.47 Å². The van der Waals surface area contributed by atoms with Crippen molar-refractivity contribution in [1.29, 1.82) is 0 Å². The normalized spacial score (nSPS) is 12.2. The van der Waals surface area contributed by atoms with Gasteiger partial charge < -0.3 is 14.8 Å². The molecule has 8 heteroatoms. The summed E-state index contributed by atoms with van der Waals surface area (Å²) in [5.74, 6) is 0.815. The molecule has 0 spiro atoms. The highest BCUT2D eigenvalue weighted by Crippen LogP contribution is 2.29. The third-order valence-corrected chi connectivity index (χ3v) is 5.72. The van der Waals surface area contributed by atoms with Gasteiger partial charge in [0.15, 0.2) is 0 Å². The standard InChI is InChI=1S/C21H28N2O5S/c1-14-7-9-19(15(2)11-14)23(29(6,25)26)13-21(24)22-16(3)18-12-17(27-4)8-10-20(18)28-5/h7-12,16H,13H2,1-6H3,(H,22,24)/t16-/m1/s1. The lowest BCUT2D eigenvalue weighted by atomic mass is 10.1. The molecule has 1 N–H and O–H groups in total. The molecule has 0 saturated heterocycles. The maximum absolute atomic E-state index is 12.7. The van der Waals surface area contributed by atoms with Gasteiger partial charge in [-0.1, -0.05) is 17.7 Å². The van der Waals surface area contributed by atoms with Gasteiger partial charge in [-0.2, -0.15) is 0 Å². The van der Waals surface area contributed by atoms with Crippen molar-refractivity contribution in [3.8, 4) is 11.5 Å². The molecular formula is C21H28N2O5S. The molecule has 0 unspecified atom stereocenters. The number of rotatable bonds is 8. The maximum Gasteiger partial charge on any atom is 0.241 e. The van der Waals surface area contributed by atoms with Gasteiger partial charge in [-0.15, -0.1) is 0 Å². The second-order valence-electron chi connectivity index (χ2n) is 6.96. The quantitative estimate of drug-likeness (QED) is 0.710. The van der Waals surface area contributed by atoms with Crippen molar-refractivity contribution >= 4 is 21.6 Å². The van der Waals surface area contributed by atoms with E-state index in [-0.39, 0.29) is 6.54 Å². The van der Waals surface area contributed by atoms with Crippen LogP contribution in [0.25, 0.3) is 0 Å². The molecule has 0 radical (unpaired) electrons. The van der Waals surface area contributed by atoms with Crippen LogP contribution in [0.5, 0.6) is 11.5 Å². The number of hydrogen-bond donors (Lipinski definition) is 1. The van der Waals surface area contributed by atoms with E-state index in [0.717, 1.165) is 27.3 Å². The number of nitrogens with zero attached hydrogens (tertiary/aromatic N) is 1. The summed E-state index contributed by atoms with van der Waals surface area (Å²) in [5, 5.41) is 2.84. The Morgan fingerprint density at radius 3 is 2.34 bits per heavy atom. The molecule has 7 nitrogen and oxygen atoms in total. The summed E-state index contributed by atoms with van der Waals surface area (Å²) in [6, 6.07) is 10.3. The topological polar surface area (TPSA) is 84.9 Å². The number of hydrogen-bond acceptors (Lipinski definition) is 5. The van der Waals surface area contributed by atoms with Crippen molar-refractivity contribution in [2.45, 2.75) is 26.8 Å². The second-order valence-corrected chi connectivity index (χ2v) is 8.86. The minimum Gasteiger partial charge on any atom is -0.497 e. The summed E-state index contributed by atoms with van der Waals surface area (Å²) in [5.41, 5.74) is 3.02. The van der Waals surface area contributed by atoms with Gasteiger partial charge in [0.2, 0.25) is 15.9 Å². The molecule has 0 fully saturated rings. The first-order valence-electron chi connectivity index (χ1n) is 9.13. The fraction of sp³-hybridized carbons (Fsp3) is 0.381. The molecule has 0 aliphatic rings.